The monoisotopic (exact) mass is 386 g/mol. The minimum atomic E-state index is -4.58. The largest absolute Gasteiger partial charge is 0.431 e. The Labute approximate surface area is 156 Å². The lowest BCUT2D eigenvalue weighted by Crippen LogP contribution is -2.35. The van der Waals surface area contributed by atoms with E-state index in [4.69, 9.17) is 11.6 Å². The fourth-order valence-corrected chi connectivity index (χ4v) is 3.12. The Hall–Kier alpha value is -1.95. The molecule has 0 unspecified atom stereocenters. The van der Waals surface area contributed by atoms with Crippen LogP contribution in [0.15, 0.2) is 24.3 Å². The van der Waals surface area contributed by atoms with Crippen LogP contribution in [-0.2, 0) is 6.18 Å². The van der Waals surface area contributed by atoms with Gasteiger partial charge in [-0.3, -0.25) is 4.79 Å². The van der Waals surface area contributed by atoms with Crippen LogP contribution in [0.25, 0.3) is 11.1 Å². The van der Waals surface area contributed by atoms with Crippen LogP contribution in [0.2, 0.25) is 5.02 Å². The first kappa shape index (κ1) is 20.4. The Kier molecular flexibility index (Phi) is 5.47. The van der Waals surface area contributed by atoms with Crippen molar-refractivity contribution in [2.45, 2.75) is 33.9 Å². The summed E-state index contributed by atoms with van der Waals surface area (Å²) in [7, 11) is 1.59. The summed E-state index contributed by atoms with van der Waals surface area (Å²) in [6.07, 6.45) is -4.58. The topological polar surface area (TPSA) is 36.1 Å². The first-order valence-electron chi connectivity index (χ1n) is 8.12. The van der Waals surface area contributed by atoms with Crippen molar-refractivity contribution >= 4 is 17.5 Å². The summed E-state index contributed by atoms with van der Waals surface area (Å²) in [5.41, 5.74) is -0.406. The number of alkyl halides is 3. The predicted octanol–water partition coefficient (Wildman–Crippen LogP) is 5.78. The molecule has 26 heavy (non-hydrogen) atoms. The first-order chi connectivity index (χ1) is 11.8. The van der Waals surface area contributed by atoms with Gasteiger partial charge in [0.05, 0.1) is 0 Å². The zero-order valence-corrected chi connectivity index (χ0v) is 16.1. The number of rotatable bonds is 3. The van der Waals surface area contributed by atoms with Gasteiger partial charge in [-0.1, -0.05) is 44.5 Å². The molecule has 0 fully saturated rings. The summed E-state index contributed by atoms with van der Waals surface area (Å²) < 4.78 is 40.1. The van der Waals surface area contributed by atoms with Crippen molar-refractivity contribution in [2.24, 2.45) is 5.41 Å². The summed E-state index contributed by atoms with van der Waals surface area (Å²) >= 11 is 5.88. The Morgan fingerprint density at radius 1 is 1.15 bits per heavy atom. The van der Waals surface area contributed by atoms with Crippen molar-refractivity contribution in [1.29, 1.82) is 0 Å². The van der Waals surface area contributed by atoms with E-state index in [9.17, 15) is 18.0 Å². The molecule has 1 heterocycles. The second-order valence-corrected chi connectivity index (χ2v) is 8.04. The van der Waals surface area contributed by atoms with Crippen molar-refractivity contribution in [2.75, 3.05) is 13.6 Å². The quantitative estimate of drug-likeness (QED) is 0.713. The number of aromatic amines is 1. The van der Waals surface area contributed by atoms with Crippen molar-refractivity contribution < 1.29 is 18.0 Å². The van der Waals surface area contributed by atoms with Gasteiger partial charge in [-0.2, -0.15) is 13.2 Å². The van der Waals surface area contributed by atoms with Crippen LogP contribution in [-0.4, -0.2) is 29.4 Å². The fraction of sp³-hybridized carbons (Fsp3) is 0.421. The van der Waals surface area contributed by atoms with E-state index in [0.717, 1.165) is 0 Å². The van der Waals surface area contributed by atoms with E-state index in [-0.39, 0.29) is 22.2 Å². The van der Waals surface area contributed by atoms with Gasteiger partial charge < -0.3 is 9.88 Å². The molecular formula is C19H22ClF3N2O. The molecule has 1 N–H and O–H groups in total. The van der Waals surface area contributed by atoms with E-state index in [2.05, 4.69) is 4.98 Å². The third kappa shape index (κ3) is 4.41. The maximum absolute atomic E-state index is 13.4. The zero-order valence-electron chi connectivity index (χ0n) is 15.4. The number of hydrogen-bond acceptors (Lipinski definition) is 1. The van der Waals surface area contributed by atoms with Gasteiger partial charge in [-0.25, -0.2) is 0 Å². The van der Waals surface area contributed by atoms with E-state index < -0.39 is 17.8 Å². The van der Waals surface area contributed by atoms with E-state index in [0.29, 0.717) is 17.1 Å². The summed E-state index contributed by atoms with van der Waals surface area (Å²) in [6.45, 7) is 7.64. The molecule has 0 radical (unpaired) electrons. The first-order valence-corrected chi connectivity index (χ1v) is 8.50. The van der Waals surface area contributed by atoms with Crippen LogP contribution in [0, 0.1) is 12.3 Å². The fourth-order valence-electron chi connectivity index (χ4n) is 2.99. The van der Waals surface area contributed by atoms with Crippen molar-refractivity contribution in [3.05, 3.63) is 46.2 Å². The Morgan fingerprint density at radius 3 is 2.15 bits per heavy atom. The summed E-state index contributed by atoms with van der Waals surface area (Å²) in [6, 6.07) is 6.39. The van der Waals surface area contributed by atoms with Gasteiger partial charge in [0.25, 0.3) is 5.91 Å². The van der Waals surface area contributed by atoms with Gasteiger partial charge in [0.2, 0.25) is 0 Å². The predicted molar refractivity (Wildman–Crippen MR) is 97.4 cm³/mol. The number of carbonyl (C=O) groups is 1. The summed E-state index contributed by atoms with van der Waals surface area (Å²) in [5.74, 6) is -0.483. The molecule has 7 heteroatoms. The highest BCUT2D eigenvalue weighted by Crippen LogP contribution is 2.39. The lowest BCUT2D eigenvalue weighted by molar-refractivity contribution is -0.141. The van der Waals surface area contributed by atoms with Gasteiger partial charge in [0.1, 0.15) is 11.4 Å². The third-order valence-corrected chi connectivity index (χ3v) is 4.19. The molecule has 1 aromatic carbocycles. The number of benzene rings is 1. The highest BCUT2D eigenvalue weighted by molar-refractivity contribution is 6.30. The molecule has 142 valence electrons. The van der Waals surface area contributed by atoms with E-state index >= 15 is 0 Å². The molecule has 0 saturated carbocycles. The van der Waals surface area contributed by atoms with Gasteiger partial charge in [-0.05, 0) is 35.6 Å². The SMILES string of the molecule is Cc1c(C(F)(F)F)[nH]c(C(=O)N(C)CC(C)(C)C)c1-c1ccc(Cl)cc1. The summed E-state index contributed by atoms with van der Waals surface area (Å²) in [4.78, 5) is 16.6. The average molecular weight is 387 g/mol. The summed E-state index contributed by atoms with van der Waals surface area (Å²) in [5, 5.41) is 0.468. The van der Waals surface area contributed by atoms with Crippen LogP contribution < -0.4 is 0 Å². The molecule has 2 rings (SSSR count). The van der Waals surface area contributed by atoms with E-state index in [1.54, 1.807) is 31.3 Å². The van der Waals surface area contributed by atoms with Crippen molar-refractivity contribution in [1.82, 2.24) is 9.88 Å². The molecule has 2 aromatic rings. The van der Waals surface area contributed by atoms with Gasteiger partial charge >= 0.3 is 6.18 Å². The molecule has 0 atom stereocenters. The zero-order chi connectivity index (χ0) is 19.9. The average Bonchev–Trinajstić information content (AvgIpc) is 2.83. The minimum absolute atomic E-state index is 0.00710. The number of nitrogens with one attached hydrogen (secondary N) is 1. The maximum atomic E-state index is 13.4. The lowest BCUT2D eigenvalue weighted by atomic mass is 9.95. The number of aromatic nitrogens is 1. The van der Waals surface area contributed by atoms with Gasteiger partial charge in [-0.15, -0.1) is 0 Å². The van der Waals surface area contributed by atoms with Crippen molar-refractivity contribution in [3.8, 4) is 11.1 Å². The van der Waals surface area contributed by atoms with Crippen LogP contribution in [0.4, 0.5) is 13.2 Å². The maximum Gasteiger partial charge on any atom is 0.431 e. The smallest absolute Gasteiger partial charge is 0.346 e. The number of hydrogen-bond donors (Lipinski definition) is 1. The van der Waals surface area contributed by atoms with Crippen LogP contribution in [0.3, 0.4) is 0 Å². The Balaban J connectivity index is 2.60. The van der Waals surface area contributed by atoms with Crippen molar-refractivity contribution in [3.63, 3.8) is 0 Å². The third-order valence-electron chi connectivity index (χ3n) is 3.94. The standard InChI is InChI=1S/C19H22ClF3N2O/c1-11-14(12-6-8-13(20)9-7-12)15(24-16(11)19(21,22)23)17(26)25(5)10-18(2,3)4/h6-9,24H,10H2,1-5H3. The molecule has 1 aromatic heterocycles. The molecule has 0 spiro atoms. The molecule has 0 aliphatic heterocycles. The van der Waals surface area contributed by atoms with Crippen LogP contribution in [0.1, 0.15) is 42.5 Å². The number of H-pyrrole nitrogens is 1. The molecule has 1 amide bonds. The normalized spacial score (nSPS) is 12.3. The molecule has 0 saturated heterocycles. The molecular weight excluding hydrogens is 365 g/mol. The molecule has 0 bridgehead atoms. The highest BCUT2D eigenvalue weighted by Gasteiger charge is 2.38. The Morgan fingerprint density at radius 2 is 1.69 bits per heavy atom. The second-order valence-electron chi connectivity index (χ2n) is 7.60. The van der Waals surface area contributed by atoms with Gasteiger partial charge in [0.15, 0.2) is 0 Å². The van der Waals surface area contributed by atoms with E-state index in [1.165, 1.54) is 11.8 Å². The van der Waals surface area contributed by atoms with Gasteiger partial charge in [0, 0.05) is 24.2 Å². The lowest BCUT2D eigenvalue weighted by Gasteiger charge is -2.26. The minimum Gasteiger partial charge on any atom is -0.346 e. The molecule has 0 aliphatic rings. The molecule has 3 nitrogen and oxygen atoms in total. The Bertz CT molecular complexity index is 802. The molecule has 0 aliphatic carbocycles. The van der Waals surface area contributed by atoms with Crippen LogP contribution in [0.5, 0.6) is 0 Å². The number of carbonyl (C=O) groups excluding carboxylic acids is 1. The highest BCUT2D eigenvalue weighted by atomic mass is 35.5. The number of nitrogens with zero attached hydrogens (tertiary/aromatic N) is 1. The number of amides is 1. The second kappa shape index (κ2) is 6.99. The number of halogens is 4. The van der Waals surface area contributed by atoms with E-state index in [1.807, 2.05) is 20.8 Å². The van der Waals surface area contributed by atoms with Crippen LogP contribution >= 0.6 is 11.6 Å².